The van der Waals surface area contributed by atoms with E-state index in [0.717, 1.165) is 12.8 Å². The third-order valence-corrected chi connectivity index (χ3v) is 2.06. The molecule has 16 heavy (non-hydrogen) atoms. The molecule has 7 heteroatoms. The average molecular weight is 257 g/mol. The Morgan fingerprint density at radius 1 is 1.38 bits per heavy atom. The monoisotopic (exact) mass is 256 g/mol. The van der Waals surface area contributed by atoms with Crippen LogP contribution in [-0.2, 0) is 4.79 Å². The van der Waals surface area contributed by atoms with E-state index in [4.69, 9.17) is 21.1 Å². The van der Waals surface area contributed by atoms with Gasteiger partial charge in [-0.2, -0.15) is 0 Å². The van der Waals surface area contributed by atoms with Gasteiger partial charge in [0.2, 0.25) is 0 Å². The van der Waals surface area contributed by atoms with Gasteiger partial charge < -0.3 is 26.4 Å². The lowest BCUT2D eigenvalue weighted by Crippen LogP contribution is -2.41. The fraction of sp³-hybridized carbons (Fsp3) is 0.889. The molecule has 0 spiro atoms. The van der Waals surface area contributed by atoms with Crippen LogP contribution in [0.3, 0.4) is 0 Å². The van der Waals surface area contributed by atoms with Crippen molar-refractivity contribution in [2.75, 3.05) is 19.7 Å². The summed E-state index contributed by atoms with van der Waals surface area (Å²) in [6.07, 6.45) is 1.08. The van der Waals surface area contributed by atoms with Crippen LogP contribution in [0, 0.1) is 0 Å². The fourth-order valence-corrected chi connectivity index (χ4v) is 1.15. The Labute approximate surface area is 101 Å². The van der Waals surface area contributed by atoms with Crippen molar-refractivity contribution >= 4 is 18.4 Å². The Kier molecular flexibility index (Phi) is 12.5. The zero-order chi connectivity index (χ0) is 11.7. The molecular formula is C9H21ClN2O4. The number of aliphatic carboxylic acids is 1. The smallest absolute Gasteiger partial charge is 0.320 e. The van der Waals surface area contributed by atoms with E-state index in [1.165, 1.54) is 0 Å². The zero-order valence-corrected chi connectivity index (χ0v) is 9.95. The molecule has 2 unspecified atom stereocenters. The molecule has 0 fully saturated rings. The molecule has 0 rings (SSSR count). The van der Waals surface area contributed by atoms with Crippen LogP contribution in [0.2, 0.25) is 0 Å². The summed E-state index contributed by atoms with van der Waals surface area (Å²) in [7, 11) is 0. The van der Waals surface area contributed by atoms with Crippen molar-refractivity contribution in [2.24, 2.45) is 5.73 Å². The van der Waals surface area contributed by atoms with Crippen molar-refractivity contribution in [3.8, 4) is 0 Å². The van der Waals surface area contributed by atoms with Crippen molar-refractivity contribution in [3.63, 3.8) is 0 Å². The molecule has 2 atom stereocenters. The van der Waals surface area contributed by atoms with Gasteiger partial charge in [-0.3, -0.25) is 4.79 Å². The van der Waals surface area contributed by atoms with E-state index in [0.29, 0.717) is 13.0 Å². The van der Waals surface area contributed by atoms with Crippen LogP contribution in [0.4, 0.5) is 0 Å². The number of nitrogens with one attached hydrogen (secondary N) is 1. The number of unbranched alkanes of at least 4 members (excludes halogenated alkanes) is 1. The summed E-state index contributed by atoms with van der Waals surface area (Å²) in [6.45, 7) is 0.254. The van der Waals surface area contributed by atoms with E-state index in [1.807, 2.05) is 0 Å². The summed E-state index contributed by atoms with van der Waals surface area (Å²) in [5, 5.41) is 29.1. The van der Waals surface area contributed by atoms with E-state index in [9.17, 15) is 4.79 Å². The summed E-state index contributed by atoms with van der Waals surface area (Å²) in [6, 6.07) is -0.683. The highest BCUT2D eigenvalue weighted by molar-refractivity contribution is 5.85. The predicted octanol–water partition coefficient (Wildman–Crippen LogP) is -1.07. The molecule has 0 radical (unpaired) electrons. The Morgan fingerprint density at radius 2 is 2.00 bits per heavy atom. The van der Waals surface area contributed by atoms with Crippen LogP contribution in [0.15, 0.2) is 0 Å². The third-order valence-electron chi connectivity index (χ3n) is 2.06. The lowest BCUT2D eigenvalue weighted by atomic mass is 10.1. The third kappa shape index (κ3) is 8.87. The molecule has 0 aliphatic heterocycles. The van der Waals surface area contributed by atoms with Gasteiger partial charge in [0.05, 0.1) is 12.7 Å². The second kappa shape index (κ2) is 11.1. The van der Waals surface area contributed by atoms with Gasteiger partial charge in [0.15, 0.2) is 0 Å². The number of hydrogen-bond acceptors (Lipinski definition) is 5. The summed E-state index contributed by atoms with van der Waals surface area (Å²) in [4.78, 5) is 10.8. The number of carboxylic acid groups (broad SMARTS) is 1. The minimum Gasteiger partial charge on any atom is -0.480 e. The number of halogens is 1. The minimum absolute atomic E-state index is 0. The molecule has 98 valence electrons. The van der Waals surface area contributed by atoms with Gasteiger partial charge >= 0.3 is 5.97 Å². The number of nitrogens with two attached hydrogens (primary N) is 1. The lowest BCUT2D eigenvalue weighted by Gasteiger charge is -2.16. The van der Waals surface area contributed by atoms with Crippen molar-refractivity contribution in [1.29, 1.82) is 0 Å². The highest BCUT2D eigenvalue weighted by Crippen LogP contribution is 2.00. The van der Waals surface area contributed by atoms with Crippen LogP contribution in [0.5, 0.6) is 0 Å². The first-order valence-corrected chi connectivity index (χ1v) is 5.07. The standard InChI is InChI=1S/C9H20N2O4.ClH/c10-4-2-1-3-8(9(14)15)11-5-7(13)6-12;/h7-8,11-13H,1-6,10H2,(H,14,15);1H. The Balaban J connectivity index is 0. The quantitative estimate of drug-likeness (QED) is 0.336. The Hall–Kier alpha value is -0.400. The lowest BCUT2D eigenvalue weighted by molar-refractivity contribution is -0.139. The predicted molar refractivity (Wildman–Crippen MR) is 62.7 cm³/mol. The summed E-state index contributed by atoms with van der Waals surface area (Å²) in [5.41, 5.74) is 5.29. The number of rotatable bonds is 9. The van der Waals surface area contributed by atoms with Crippen LogP contribution >= 0.6 is 12.4 Å². The minimum atomic E-state index is -0.947. The first-order valence-electron chi connectivity index (χ1n) is 5.07. The van der Waals surface area contributed by atoms with E-state index >= 15 is 0 Å². The largest absolute Gasteiger partial charge is 0.480 e. The first kappa shape index (κ1) is 18.0. The molecule has 0 saturated heterocycles. The normalized spacial score (nSPS) is 13.9. The number of aliphatic hydroxyl groups is 2. The SMILES string of the molecule is Cl.NCCCCC(NCC(O)CO)C(=O)O. The number of carboxylic acids is 1. The van der Waals surface area contributed by atoms with Gasteiger partial charge in [0, 0.05) is 6.54 Å². The van der Waals surface area contributed by atoms with Gasteiger partial charge in [0.25, 0.3) is 0 Å². The second-order valence-corrected chi connectivity index (χ2v) is 3.42. The summed E-state index contributed by atoms with van der Waals surface area (Å²) in [5.74, 6) is -0.947. The van der Waals surface area contributed by atoms with E-state index in [2.05, 4.69) is 5.32 Å². The molecule has 0 saturated carbocycles. The maximum atomic E-state index is 10.8. The van der Waals surface area contributed by atoms with Gasteiger partial charge in [-0.15, -0.1) is 12.4 Å². The maximum absolute atomic E-state index is 10.8. The molecule has 0 aromatic carbocycles. The average Bonchev–Trinajstić information content (AvgIpc) is 2.22. The molecule has 0 amide bonds. The summed E-state index contributed by atoms with van der Waals surface area (Å²) < 4.78 is 0. The van der Waals surface area contributed by atoms with Crippen molar-refractivity contribution in [1.82, 2.24) is 5.32 Å². The van der Waals surface area contributed by atoms with Crippen molar-refractivity contribution < 1.29 is 20.1 Å². The van der Waals surface area contributed by atoms with E-state index < -0.39 is 18.1 Å². The number of carbonyl (C=O) groups is 1. The molecule has 0 bridgehead atoms. The van der Waals surface area contributed by atoms with Gasteiger partial charge in [-0.05, 0) is 19.4 Å². The molecule has 6 nitrogen and oxygen atoms in total. The van der Waals surface area contributed by atoms with Gasteiger partial charge in [-0.1, -0.05) is 6.42 Å². The molecule has 0 aromatic rings. The number of hydrogen-bond donors (Lipinski definition) is 5. The van der Waals surface area contributed by atoms with Crippen LogP contribution < -0.4 is 11.1 Å². The van der Waals surface area contributed by atoms with Crippen LogP contribution in [0.25, 0.3) is 0 Å². The van der Waals surface area contributed by atoms with Crippen LogP contribution in [-0.4, -0.2) is 53.1 Å². The molecule has 0 heterocycles. The second-order valence-electron chi connectivity index (χ2n) is 3.42. The fourth-order valence-electron chi connectivity index (χ4n) is 1.15. The van der Waals surface area contributed by atoms with E-state index in [-0.39, 0.29) is 25.6 Å². The first-order chi connectivity index (χ1) is 7.11. The highest BCUT2D eigenvalue weighted by Gasteiger charge is 2.17. The molecule has 0 aliphatic rings. The molecule has 0 aliphatic carbocycles. The van der Waals surface area contributed by atoms with E-state index in [1.54, 1.807) is 0 Å². The van der Waals surface area contributed by atoms with Crippen LogP contribution in [0.1, 0.15) is 19.3 Å². The zero-order valence-electron chi connectivity index (χ0n) is 9.13. The highest BCUT2D eigenvalue weighted by atomic mass is 35.5. The maximum Gasteiger partial charge on any atom is 0.320 e. The molecule has 0 aromatic heterocycles. The van der Waals surface area contributed by atoms with Gasteiger partial charge in [-0.25, -0.2) is 0 Å². The molecule has 6 N–H and O–H groups in total. The Morgan fingerprint density at radius 3 is 2.44 bits per heavy atom. The van der Waals surface area contributed by atoms with Crippen molar-refractivity contribution in [3.05, 3.63) is 0 Å². The van der Waals surface area contributed by atoms with Gasteiger partial charge in [0.1, 0.15) is 6.04 Å². The summed E-state index contributed by atoms with van der Waals surface area (Å²) >= 11 is 0. The Bertz CT molecular complexity index is 183. The molecular weight excluding hydrogens is 236 g/mol. The topological polar surface area (TPSA) is 116 Å². The van der Waals surface area contributed by atoms with Crippen molar-refractivity contribution in [2.45, 2.75) is 31.4 Å². The number of aliphatic hydroxyl groups excluding tert-OH is 2.